The number of aliphatic carboxylic acids is 1. The zero-order chi connectivity index (χ0) is 13.4. The maximum atomic E-state index is 11.5. The smallest absolute Gasteiger partial charge is 0.326 e. The molecule has 104 valence electrons. The third kappa shape index (κ3) is 6.56. The number of methoxy groups -OCH3 is 1. The van der Waals surface area contributed by atoms with Crippen LogP contribution in [0.15, 0.2) is 0 Å². The van der Waals surface area contributed by atoms with E-state index in [2.05, 4.69) is 5.32 Å². The van der Waals surface area contributed by atoms with Gasteiger partial charge in [0.15, 0.2) is 0 Å². The van der Waals surface area contributed by atoms with Crippen molar-refractivity contribution in [1.29, 1.82) is 0 Å². The van der Waals surface area contributed by atoms with Gasteiger partial charge in [-0.15, -0.1) is 0 Å². The molecule has 6 nitrogen and oxygen atoms in total. The van der Waals surface area contributed by atoms with Crippen LogP contribution in [0.4, 0.5) is 0 Å². The Bertz CT molecular complexity index is 278. The van der Waals surface area contributed by atoms with Crippen molar-refractivity contribution in [1.82, 2.24) is 5.32 Å². The van der Waals surface area contributed by atoms with Crippen LogP contribution in [0.5, 0.6) is 0 Å². The fraction of sp³-hybridized carbons (Fsp3) is 0.833. The lowest BCUT2D eigenvalue weighted by atomic mass is 10.1. The number of ether oxygens (including phenoxy) is 2. The van der Waals surface area contributed by atoms with Crippen molar-refractivity contribution >= 4 is 11.9 Å². The Balaban J connectivity index is 2.13. The van der Waals surface area contributed by atoms with Gasteiger partial charge in [-0.2, -0.15) is 0 Å². The molecule has 0 bridgehead atoms. The number of carbonyl (C=O) groups excluding carboxylic acids is 1. The molecule has 1 saturated carbocycles. The van der Waals surface area contributed by atoms with Crippen LogP contribution in [0, 0.1) is 5.92 Å². The molecular formula is C12H21NO5. The van der Waals surface area contributed by atoms with Crippen molar-refractivity contribution in [2.24, 2.45) is 5.92 Å². The molecule has 1 amide bonds. The molecule has 0 radical (unpaired) electrons. The first-order valence-electron chi connectivity index (χ1n) is 6.22. The van der Waals surface area contributed by atoms with Crippen LogP contribution in [0.2, 0.25) is 0 Å². The molecular weight excluding hydrogens is 238 g/mol. The first-order valence-corrected chi connectivity index (χ1v) is 6.22. The molecule has 0 aromatic rings. The standard InChI is InChI=1S/C12H21NO5/c1-17-6-7-18-5-4-11(14)13-10(12(15)16)8-9-2-3-9/h9-10H,2-8H2,1H3,(H,13,14)(H,15,16). The summed E-state index contributed by atoms with van der Waals surface area (Å²) in [6, 6.07) is -0.760. The Morgan fingerprint density at radius 3 is 2.61 bits per heavy atom. The van der Waals surface area contributed by atoms with Crippen molar-refractivity contribution in [2.75, 3.05) is 26.9 Å². The molecule has 0 saturated heterocycles. The lowest BCUT2D eigenvalue weighted by molar-refractivity contribution is -0.142. The van der Waals surface area contributed by atoms with Crippen LogP contribution in [-0.4, -0.2) is 50.0 Å². The molecule has 1 aliphatic rings. The molecule has 6 heteroatoms. The number of carboxylic acid groups (broad SMARTS) is 1. The predicted octanol–water partition coefficient (Wildman–Crippen LogP) is 0.409. The van der Waals surface area contributed by atoms with Gasteiger partial charge in [0.05, 0.1) is 19.8 Å². The zero-order valence-corrected chi connectivity index (χ0v) is 10.7. The van der Waals surface area contributed by atoms with Gasteiger partial charge in [0.2, 0.25) is 5.91 Å². The van der Waals surface area contributed by atoms with Crippen molar-refractivity contribution in [3.8, 4) is 0 Å². The van der Waals surface area contributed by atoms with E-state index in [1.807, 2.05) is 0 Å². The van der Waals surface area contributed by atoms with E-state index in [-0.39, 0.29) is 18.9 Å². The van der Waals surface area contributed by atoms with E-state index in [1.165, 1.54) is 0 Å². The van der Waals surface area contributed by atoms with Crippen LogP contribution in [0.25, 0.3) is 0 Å². The topological polar surface area (TPSA) is 84.9 Å². The first kappa shape index (κ1) is 14.9. The maximum absolute atomic E-state index is 11.5. The summed E-state index contributed by atoms with van der Waals surface area (Å²) in [5.41, 5.74) is 0. The Labute approximate surface area is 107 Å². The zero-order valence-electron chi connectivity index (χ0n) is 10.7. The Hall–Kier alpha value is -1.14. The maximum Gasteiger partial charge on any atom is 0.326 e. The monoisotopic (exact) mass is 259 g/mol. The van der Waals surface area contributed by atoms with Crippen LogP contribution in [0.1, 0.15) is 25.7 Å². The van der Waals surface area contributed by atoms with E-state index in [0.29, 0.717) is 25.6 Å². The highest BCUT2D eigenvalue weighted by Crippen LogP contribution is 2.33. The van der Waals surface area contributed by atoms with Gasteiger partial charge < -0.3 is 19.9 Å². The number of rotatable bonds is 10. The molecule has 0 spiro atoms. The number of hydrogen-bond donors (Lipinski definition) is 2. The summed E-state index contributed by atoms with van der Waals surface area (Å²) in [6.07, 6.45) is 2.85. The van der Waals surface area contributed by atoms with Gasteiger partial charge in [-0.05, 0) is 12.3 Å². The SMILES string of the molecule is COCCOCCC(=O)NC(CC1CC1)C(=O)O. The van der Waals surface area contributed by atoms with E-state index >= 15 is 0 Å². The summed E-state index contributed by atoms with van der Waals surface area (Å²) in [5, 5.41) is 11.5. The number of amides is 1. The average molecular weight is 259 g/mol. The molecule has 1 unspecified atom stereocenters. The fourth-order valence-corrected chi connectivity index (χ4v) is 1.58. The summed E-state index contributed by atoms with van der Waals surface area (Å²) in [7, 11) is 1.57. The number of carboxylic acids is 1. The molecule has 1 aliphatic carbocycles. The highest BCUT2D eigenvalue weighted by atomic mass is 16.5. The van der Waals surface area contributed by atoms with Gasteiger partial charge in [0.25, 0.3) is 0 Å². The minimum Gasteiger partial charge on any atom is -0.480 e. The molecule has 1 atom stereocenters. The summed E-state index contributed by atoms with van der Waals surface area (Å²) >= 11 is 0. The highest BCUT2D eigenvalue weighted by Gasteiger charge is 2.29. The van der Waals surface area contributed by atoms with Gasteiger partial charge in [0.1, 0.15) is 6.04 Å². The van der Waals surface area contributed by atoms with E-state index < -0.39 is 12.0 Å². The molecule has 2 N–H and O–H groups in total. The molecule has 1 rings (SSSR count). The van der Waals surface area contributed by atoms with Gasteiger partial charge in [-0.3, -0.25) is 4.79 Å². The molecule has 0 heterocycles. The van der Waals surface area contributed by atoms with Crippen LogP contribution >= 0.6 is 0 Å². The van der Waals surface area contributed by atoms with Crippen LogP contribution in [0.3, 0.4) is 0 Å². The van der Waals surface area contributed by atoms with E-state index in [0.717, 1.165) is 12.8 Å². The van der Waals surface area contributed by atoms with Crippen molar-refractivity contribution in [3.63, 3.8) is 0 Å². The molecule has 0 aromatic carbocycles. The number of hydrogen-bond acceptors (Lipinski definition) is 4. The minimum absolute atomic E-state index is 0.179. The fourth-order valence-electron chi connectivity index (χ4n) is 1.58. The predicted molar refractivity (Wildman–Crippen MR) is 64.2 cm³/mol. The highest BCUT2D eigenvalue weighted by molar-refractivity contribution is 5.83. The lowest BCUT2D eigenvalue weighted by Crippen LogP contribution is -2.41. The second kappa shape index (κ2) is 8.05. The van der Waals surface area contributed by atoms with Crippen LogP contribution in [-0.2, 0) is 19.1 Å². The van der Waals surface area contributed by atoms with E-state index in [1.54, 1.807) is 7.11 Å². The normalized spacial score (nSPS) is 16.3. The van der Waals surface area contributed by atoms with Crippen molar-refractivity contribution in [3.05, 3.63) is 0 Å². The van der Waals surface area contributed by atoms with Crippen molar-refractivity contribution in [2.45, 2.75) is 31.7 Å². The molecule has 0 aliphatic heterocycles. The summed E-state index contributed by atoms with van der Waals surface area (Å²) in [5.74, 6) is -0.777. The minimum atomic E-state index is -0.962. The Kier molecular flexibility index (Phi) is 6.67. The molecule has 1 fully saturated rings. The summed E-state index contributed by atoms with van der Waals surface area (Å²) in [4.78, 5) is 22.5. The van der Waals surface area contributed by atoms with Crippen molar-refractivity contribution < 1.29 is 24.2 Å². The Morgan fingerprint density at radius 2 is 2.06 bits per heavy atom. The number of nitrogens with one attached hydrogen (secondary N) is 1. The van der Waals surface area contributed by atoms with Gasteiger partial charge in [-0.25, -0.2) is 4.79 Å². The molecule has 0 aromatic heterocycles. The summed E-state index contributed by atoms with van der Waals surface area (Å²) < 4.78 is 9.94. The van der Waals surface area contributed by atoms with Gasteiger partial charge in [-0.1, -0.05) is 12.8 Å². The first-order chi connectivity index (χ1) is 8.63. The summed E-state index contributed by atoms with van der Waals surface area (Å²) in [6.45, 7) is 1.21. The van der Waals surface area contributed by atoms with Crippen LogP contribution < -0.4 is 5.32 Å². The second-order valence-electron chi connectivity index (χ2n) is 4.49. The largest absolute Gasteiger partial charge is 0.480 e. The van der Waals surface area contributed by atoms with E-state index in [4.69, 9.17) is 14.6 Å². The lowest BCUT2D eigenvalue weighted by Gasteiger charge is -2.14. The quantitative estimate of drug-likeness (QED) is 0.555. The van der Waals surface area contributed by atoms with E-state index in [9.17, 15) is 9.59 Å². The third-order valence-electron chi connectivity index (χ3n) is 2.80. The average Bonchev–Trinajstić information content (AvgIpc) is 3.11. The van der Waals surface area contributed by atoms with Gasteiger partial charge >= 0.3 is 5.97 Å². The molecule has 18 heavy (non-hydrogen) atoms. The Morgan fingerprint density at radius 1 is 1.33 bits per heavy atom. The third-order valence-corrected chi connectivity index (χ3v) is 2.80. The number of carbonyl (C=O) groups is 2. The second-order valence-corrected chi connectivity index (χ2v) is 4.49. The van der Waals surface area contributed by atoms with Gasteiger partial charge in [0, 0.05) is 13.5 Å².